The summed E-state index contributed by atoms with van der Waals surface area (Å²) >= 11 is 2.88. The van der Waals surface area contributed by atoms with Gasteiger partial charge in [0.2, 0.25) is 5.91 Å². The average Bonchev–Trinajstić information content (AvgIpc) is 3.47. The molecule has 3 aromatic rings. The number of ether oxygens (including phenoxy) is 1. The number of anilines is 1. The third-order valence-electron chi connectivity index (χ3n) is 4.52. The number of imide groups is 1. The third kappa shape index (κ3) is 4.34. The molecule has 1 aliphatic rings. The second-order valence-electron chi connectivity index (χ2n) is 6.54. The maximum Gasteiger partial charge on any atom is 0.325 e. The van der Waals surface area contributed by atoms with Gasteiger partial charge in [0.05, 0.1) is 30.6 Å². The molecule has 0 bridgehead atoms. The zero-order valence-electron chi connectivity index (χ0n) is 16.0. The van der Waals surface area contributed by atoms with E-state index >= 15 is 0 Å². The summed E-state index contributed by atoms with van der Waals surface area (Å²) in [5.41, 5.74) is 1.58. The summed E-state index contributed by atoms with van der Waals surface area (Å²) in [5.74, 6) is -0.119. The maximum atomic E-state index is 12.6. The number of nitrogens with zero attached hydrogens (tertiary/aromatic N) is 2. The Kier molecular flexibility index (Phi) is 5.77. The van der Waals surface area contributed by atoms with Gasteiger partial charge in [-0.05, 0) is 29.1 Å². The van der Waals surface area contributed by atoms with Crippen LogP contribution in [0.2, 0.25) is 0 Å². The van der Waals surface area contributed by atoms with Gasteiger partial charge in [-0.25, -0.2) is 9.78 Å². The van der Waals surface area contributed by atoms with E-state index in [9.17, 15) is 14.4 Å². The van der Waals surface area contributed by atoms with Crippen LogP contribution in [0.3, 0.4) is 0 Å². The van der Waals surface area contributed by atoms with Crippen molar-refractivity contribution in [2.75, 3.05) is 12.4 Å². The molecule has 10 heteroatoms. The van der Waals surface area contributed by atoms with Crippen LogP contribution < -0.4 is 15.4 Å². The van der Waals surface area contributed by atoms with E-state index in [0.29, 0.717) is 10.9 Å². The van der Waals surface area contributed by atoms with Crippen molar-refractivity contribution in [2.24, 2.45) is 0 Å². The van der Waals surface area contributed by atoms with Crippen molar-refractivity contribution in [1.82, 2.24) is 15.2 Å². The summed E-state index contributed by atoms with van der Waals surface area (Å²) in [6.45, 7) is 0.128. The Morgan fingerprint density at radius 3 is 2.73 bits per heavy atom. The molecule has 1 saturated heterocycles. The number of benzene rings is 1. The molecule has 1 aromatic carbocycles. The number of urea groups is 1. The molecular formula is C20H18N4O4S2. The van der Waals surface area contributed by atoms with Crippen molar-refractivity contribution in [3.8, 4) is 16.3 Å². The molecule has 0 spiro atoms. The molecular weight excluding hydrogens is 424 g/mol. The number of methoxy groups -OCH3 is 1. The normalized spacial score (nSPS) is 15.9. The third-order valence-corrected chi connectivity index (χ3v) is 6.17. The Labute approximate surface area is 180 Å². The zero-order valence-corrected chi connectivity index (χ0v) is 17.6. The van der Waals surface area contributed by atoms with Crippen LogP contribution in [0, 0.1) is 0 Å². The summed E-state index contributed by atoms with van der Waals surface area (Å²) in [6, 6.07) is 9.57. The lowest BCUT2D eigenvalue weighted by atomic mass is 10.1. The molecule has 4 rings (SSSR count). The number of aromatic nitrogens is 1. The fourth-order valence-electron chi connectivity index (χ4n) is 3.00. The number of hydrogen-bond donors (Lipinski definition) is 2. The van der Waals surface area contributed by atoms with Gasteiger partial charge in [0, 0.05) is 5.38 Å². The number of nitrogens with one attached hydrogen (secondary N) is 2. The Bertz CT molecular complexity index is 1060. The van der Waals surface area contributed by atoms with Gasteiger partial charge in [0.25, 0.3) is 5.91 Å². The van der Waals surface area contributed by atoms with Crippen molar-refractivity contribution in [1.29, 1.82) is 0 Å². The van der Waals surface area contributed by atoms with Gasteiger partial charge < -0.3 is 15.4 Å². The molecule has 2 N–H and O–H groups in total. The summed E-state index contributed by atoms with van der Waals surface area (Å²) in [6.07, 6.45) is -0.155. The van der Waals surface area contributed by atoms with E-state index < -0.39 is 18.0 Å². The fraction of sp³-hybridized carbons (Fsp3) is 0.200. The average molecular weight is 443 g/mol. The van der Waals surface area contributed by atoms with E-state index in [1.807, 2.05) is 22.9 Å². The van der Waals surface area contributed by atoms with E-state index in [4.69, 9.17) is 4.74 Å². The standard InChI is InChI=1S/C20H18N4O4S2/c1-28-13-6-4-12(5-7-13)10-24-18(26)14(22-20(24)27)9-17(25)23-19-21-15(11-30-19)16-3-2-8-29-16/h2-8,11,14H,9-10H2,1H3,(H,22,27)(H,21,23,25)/t14-/m1/s1. The number of carbonyl (C=O) groups excluding carboxylic acids is 3. The largest absolute Gasteiger partial charge is 0.497 e. The number of thiazole rings is 1. The van der Waals surface area contributed by atoms with Crippen LogP contribution in [-0.4, -0.2) is 40.9 Å². The number of thiophene rings is 1. The van der Waals surface area contributed by atoms with Gasteiger partial charge in [0.1, 0.15) is 11.8 Å². The molecule has 1 fully saturated rings. The first-order valence-electron chi connectivity index (χ1n) is 9.07. The van der Waals surface area contributed by atoms with Crippen molar-refractivity contribution < 1.29 is 19.1 Å². The highest BCUT2D eigenvalue weighted by Gasteiger charge is 2.39. The van der Waals surface area contributed by atoms with Crippen LogP contribution in [0.25, 0.3) is 10.6 Å². The molecule has 0 saturated carbocycles. The quantitative estimate of drug-likeness (QED) is 0.547. The molecule has 1 aliphatic heterocycles. The number of hydrogen-bond acceptors (Lipinski definition) is 7. The predicted molar refractivity (Wildman–Crippen MR) is 115 cm³/mol. The predicted octanol–water partition coefficient (Wildman–Crippen LogP) is 3.33. The van der Waals surface area contributed by atoms with E-state index in [2.05, 4.69) is 15.6 Å². The number of carbonyl (C=O) groups is 3. The minimum absolute atomic E-state index is 0.128. The summed E-state index contributed by atoms with van der Waals surface area (Å²) in [5, 5.41) is 9.55. The van der Waals surface area contributed by atoms with Gasteiger partial charge in [-0.15, -0.1) is 22.7 Å². The molecule has 8 nitrogen and oxygen atoms in total. The van der Waals surface area contributed by atoms with E-state index in [1.54, 1.807) is 42.7 Å². The van der Waals surface area contributed by atoms with E-state index in [-0.39, 0.29) is 18.9 Å². The van der Waals surface area contributed by atoms with Crippen LogP contribution in [0.5, 0.6) is 5.75 Å². The minimum atomic E-state index is -0.896. The van der Waals surface area contributed by atoms with Crippen LogP contribution >= 0.6 is 22.7 Å². The van der Waals surface area contributed by atoms with Crippen LogP contribution in [0.4, 0.5) is 9.93 Å². The second kappa shape index (κ2) is 8.64. The summed E-state index contributed by atoms with van der Waals surface area (Å²) in [7, 11) is 1.57. The van der Waals surface area contributed by atoms with Crippen molar-refractivity contribution in [3.63, 3.8) is 0 Å². The Hall–Kier alpha value is -3.24. The molecule has 0 aliphatic carbocycles. The smallest absolute Gasteiger partial charge is 0.325 e. The highest BCUT2D eigenvalue weighted by Crippen LogP contribution is 2.28. The Morgan fingerprint density at radius 2 is 2.03 bits per heavy atom. The van der Waals surface area contributed by atoms with E-state index in [1.165, 1.54) is 11.3 Å². The molecule has 4 amide bonds. The molecule has 30 heavy (non-hydrogen) atoms. The SMILES string of the molecule is COc1ccc(CN2C(=O)N[C@H](CC(=O)Nc3nc(-c4cccs4)cs3)C2=O)cc1. The first-order chi connectivity index (χ1) is 14.5. The topological polar surface area (TPSA) is 101 Å². The molecule has 0 unspecified atom stereocenters. The first kappa shape index (κ1) is 20.0. The summed E-state index contributed by atoms with van der Waals surface area (Å²) in [4.78, 5) is 43.7. The molecule has 0 radical (unpaired) electrons. The highest BCUT2D eigenvalue weighted by atomic mass is 32.1. The van der Waals surface area contributed by atoms with Gasteiger partial charge in [-0.1, -0.05) is 18.2 Å². The van der Waals surface area contributed by atoms with Crippen molar-refractivity contribution in [2.45, 2.75) is 19.0 Å². The molecule has 2 aromatic heterocycles. The van der Waals surface area contributed by atoms with Gasteiger partial charge in [0.15, 0.2) is 5.13 Å². The lowest BCUT2D eigenvalue weighted by Crippen LogP contribution is -2.34. The summed E-state index contributed by atoms with van der Waals surface area (Å²) < 4.78 is 5.11. The van der Waals surface area contributed by atoms with Crippen LogP contribution in [0.1, 0.15) is 12.0 Å². The number of rotatable bonds is 7. The second-order valence-corrected chi connectivity index (χ2v) is 8.35. The van der Waals surface area contributed by atoms with Gasteiger partial charge >= 0.3 is 6.03 Å². The van der Waals surface area contributed by atoms with Crippen LogP contribution in [0.15, 0.2) is 47.2 Å². The first-order valence-corrected chi connectivity index (χ1v) is 10.8. The Balaban J connectivity index is 1.34. The Morgan fingerprint density at radius 1 is 1.23 bits per heavy atom. The fourth-order valence-corrected chi connectivity index (χ4v) is 4.49. The van der Waals surface area contributed by atoms with Gasteiger partial charge in [-0.3, -0.25) is 14.5 Å². The highest BCUT2D eigenvalue weighted by molar-refractivity contribution is 7.16. The van der Waals surface area contributed by atoms with Crippen LogP contribution in [-0.2, 0) is 16.1 Å². The van der Waals surface area contributed by atoms with E-state index in [0.717, 1.165) is 21.0 Å². The lowest BCUT2D eigenvalue weighted by molar-refractivity contribution is -0.130. The van der Waals surface area contributed by atoms with Crippen molar-refractivity contribution in [3.05, 3.63) is 52.7 Å². The molecule has 3 heterocycles. The maximum absolute atomic E-state index is 12.6. The monoisotopic (exact) mass is 442 g/mol. The number of amides is 4. The van der Waals surface area contributed by atoms with Crippen molar-refractivity contribution >= 4 is 45.7 Å². The zero-order chi connectivity index (χ0) is 21.1. The molecule has 154 valence electrons. The van der Waals surface area contributed by atoms with Gasteiger partial charge in [-0.2, -0.15) is 0 Å². The lowest BCUT2D eigenvalue weighted by Gasteiger charge is -2.13. The molecule has 1 atom stereocenters. The minimum Gasteiger partial charge on any atom is -0.497 e.